The van der Waals surface area contributed by atoms with Crippen molar-refractivity contribution in [3.63, 3.8) is 0 Å². The summed E-state index contributed by atoms with van der Waals surface area (Å²) < 4.78 is 5.53. The number of carbonyl (C=O) groups excluding carboxylic acids is 1. The molecule has 0 radical (unpaired) electrons. The Balaban J connectivity index is 1.72. The molecular formula is C17H22N2O2. The molecular weight excluding hydrogens is 264 g/mol. The van der Waals surface area contributed by atoms with Crippen LogP contribution in [0.1, 0.15) is 31.0 Å². The van der Waals surface area contributed by atoms with Crippen molar-refractivity contribution in [2.24, 2.45) is 0 Å². The van der Waals surface area contributed by atoms with Crippen LogP contribution in [0.4, 0.5) is 0 Å². The number of aromatic nitrogens is 1. The van der Waals surface area contributed by atoms with E-state index in [0.29, 0.717) is 12.5 Å². The van der Waals surface area contributed by atoms with Crippen molar-refractivity contribution < 1.29 is 9.53 Å². The number of amides is 1. The molecule has 1 aromatic carbocycles. The van der Waals surface area contributed by atoms with Gasteiger partial charge in [0.2, 0.25) is 0 Å². The third kappa shape index (κ3) is 4.99. The standard InChI is InChI=1S/C17H22N2O2/c1-13(2)14-5-3-7-16(11-14)21-12-17(20)19-10-8-15-6-4-9-18-15/h3-7,9,11,13,18H,8,10,12H2,1-2H3,(H,19,20). The molecule has 0 aliphatic rings. The van der Waals surface area contributed by atoms with E-state index in [9.17, 15) is 4.79 Å². The first-order valence-electron chi connectivity index (χ1n) is 7.27. The number of rotatable bonds is 7. The molecule has 112 valence electrons. The second-order valence-corrected chi connectivity index (χ2v) is 5.31. The largest absolute Gasteiger partial charge is 0.484 e. The molecule has 2 aromatic rings. The Kier molecular flexibility index (Phi) is 5.43. The summed E-state index contributed by atoms with van der Waals surface area (Å²) >= 11 is 0. The lowest BCUT2D eigenvalue weighted by Gasteiger charge is -2.10. The molecule has 4 nitrogen and oxygen atoms in total. The quantitative estimate of drug-likeness (QED) is 0.822. The molecule has 0 aliphatic heterocycles. The fraction of sp³-hybridized carbons (Fsp3) is 0.353. The van der Waals surface area contributed by atoms with Crippen molar-refractivity contribution in [1.29, 1.82) is 0 Å². The van der Waals surface area contributed by atoms with Crippen LogP contribution in [0.5, 0.6) is 5.75 Å². The van der Waals surface area contributed by atoms with Gasteiger partial charge in [-0.25, -0.2) is 0 Å². The number of benzene rings is 1. The monoisotopic (exact) mass is 286 g/mol. The van der Waals surface area contributed by atoms with E-state index in [4.69, 9.17) is 4.74 Å². The van der Waals surface area contributed by atoms with E-state index in [0.717, 1.165) is 17.9 Å². The molecule has 2 N–H and O–H groups in total. The first kappa shape index (κ1) is 15.2. The van der Waals surface area contributed by atoms with Gasteiger partial charge in [-0.05, 0) is 35.7 Å². The van der Waals surface area contributed by atoms with Crippen molar-refractivity contribution >= 4 is 5.91 Å². The van der Waals surface area contributed by atoms with E-state index in [1.165, 1.54) is 5.56 Å². The average molecular weight is 286 g/mol. The summed E-state index contributed by atoms with van der Waals surface area (Å²) in [6, 6.07) is 11.8. The van der Waals surface area contributed by atoms with E-state index < -0.39 is 0 Å². The Hall–Kier alpha value is -2.23. The van der Waals surface area contributed by atoms with Crippen LogP contribution in [-0.2, 0) is 11.2 Å². The molecule has 1 aromatic heterocycles. The predicted octanol–water partition coefficient (Wildman–Crippen LogP) is 2.88. The maximum Gasteiger partial charge on any atom is 0.257 e. The zero-order valence-corrected chi connectivity index (χ0v) is 12.6. The van der Waals surface area contributed by atoms with Crippen LogP contribution >= 0.6 is 0 Å². The number of nitrogens with one attached hydrogen (secondary N) is 2. The normalized spacial score (nSPS) is 10.6. The maximum atomic E-state index is 11.7. The van der Waals surface area contributed by atoms with Crippen LogP contribution in [0.25, 0.3) is 0 Å². The van der Waals surface area contributed by atoms with Crippen LogP contribution < -0.4 is 10.1 Å². The van der Waals surface area contributed by atoms with Crippen molar-refractivity contribution in [1.82, 2.24) is 10.3 Å². The molecule has 0 spiro atoms. The fourth-order valence-corrected chi connectivity index (χ4v) is 2.02. The molecule has 0 saturated carbocycles. The highest BCUT2D eigenvalue weighted by atomic mass is 16.5. The third-order valence-corrected chi connectivity index (χ3v) is 3.27. The van der Waals surface area contributed by atoms with Crippen molar-refractivity contribution in [2.45, 2.75) is 26.2 Å². The molecule has 1 heterocycles. The van der Waals surface area contributed by atoms with Crippen LogP contribution in [0.3, 0.4) is 0 Å². The van der Waals surface area contributed by atoms with Gasteiger partial charge >= 0.3 is 0 Å². The summed E-state index contributed by atoms with van der Waals surface area (Å²) in [6.45, 7) is 4.92. The minimum atomic E-state index is -0.100. The van der Waals surface area contributed by atoms with Crippen LogP contribution in [0, 0.1) is 0 Å². The zero-order chi connectivity index (χ0) is 15.1. The number of aromatic amines is 1. The van der Waals surface area contributed by atoms with E-state index in [1.54, 1.807) is 0 Å². The number of hydrogen-bond acceptors (Lipinski definition) is 2. The van der Waals surface area contributed by atoms with Gasteiger partial charge < -0.3 is 15.0 Å². The highest BCUT2D eigenvalue weighted by Gasteiger charge is 2.04. The summed E-state index contributed by atoms with van der Waals surface area (Å²) in [7, 11) is 0. The Bertz CT molecular complexity index is 562. The number of carbonyl (C=O) groups is 1. The van der Waals surface area contributed by atoms with Gasteiger partial charge in [-0.2, -0.15) is 0 Å². The summed E-state index contributed by atoms with van der Waals surface area (Å²) in [5, 5.41) is 2.84. The minimum Gasteiger partial charge on any atom is -0.484 e. The molecule has 1 amide bonds. The summed E-state index contributed by atoms with van der Waals surface area (Å²) in [6.07, 6.45) is 2.67. The second-order valence-electron chi connectivity index (χ2n) is 5.31. The van der Waals surface area contributed by atoms with Gasteiger partial charge in [0.1, 0.15) is 5.75 Å². The topological polar surface area (TPSA) is 54.1 Å². The average Bonchev–Trinajstić information content (AvgIpc) is 2.99. The van der Waals surface area contributed by atoms with Gasteiger partial charge in [0, 0.05) is 24.9 Å². The lowest BCUT2D eigenvalue weighted by molar-refractivity contribution is -0.123. The highest BCUT2D eigenvalue weighted by Crippen LogP contribution is 2.19. The SMILES string of the molecule is CC(C)c1cccc(OCC(=O)NCCc2ccc[nH]2)c1. The molecule has 4 heteroatoms. The summed E-state index contributed by atoms with van der Waals surface area (Å²) in [5.41, 5.74) is 2.32. The molecule has 0 saturated heterocycles. The first-order valence-corrected chi connectivity index (χ1v) is 7.27. The van der Waals surface area contributed by atoms with Gasteiger partial charge in [0.05, 0.1) is 0 Å². The molecule has 2 rings (SSSR count). The van der Waals surface area contributed by atoms with E-state index >= 15 is 0 Å². The lowest BCUT2D eigenvalue weighted by Crippen LogP contribution is -2.30. The van der Waals surface area contributed by atoms with Crippen molar-refractivity contribution in [3.05, 3.63) is 53.9 Å². The van der Waals surface area contributed by atoms with Crippen LogP contribution in [-0.4, -0.2) is 24.0 Å². The van der Waals surface area contributed by atoms with Gasteiger partial charge in [-0.3, -0.25) is 4.79 Å². The molecule has 0 bridgehead atoms. The van der Waals surface area contributed by atoms with Crippen LogP contribution in [0.2, 0.25) is 0 Å². The highest BCUT2D eigenvalue weighted by molar-refractivity contribution is 5.77. The summed E-state index contributed by atoms with van der Waals surface area (Å²) in [4.78, 5) is 14.8. The predicted molar refractivity (Wildman–Crippen MR) is 83.5 cm³/mol. The van der Waals surface area contributed by atoms with E-state index in [-0.39, 0.29) is 12.5 Å². The molecule has 0 atom stereocenters. The van der Waals surface area contributed by atoms with Crippen LogP contribution in [0.15, 0.2) is 42.6 Å². The minimum absolute atomic E-state index is 0.0479. The van der Waals surface area contributed by atoms with Crippen molar-refractivity contribution in [2.75, 3.05) is 13.2 Å². The van der Waals surface area contributed by atoms with Gasteiger partial charge in [-0.15, -0.1) is 0 Å². The lowest BCUT2D eigenvalue weighted by atomic mass is 10.0. The molecule has 0 aliphatic carbocycles. The Morgan fingerprint density at radius 2 is 2.14 bits per heavy atom. The third-order valence-electron chi connectivity index (χ3n) is 3.27. The number of ether oxygens (including phenoxy) is 1. The number of H-pyrrole nitrogens is 1. The Morgan fingerprint density at radius 1 is 1.29 bits per heavy atom. The molecule has 0 fully saturated rings. The smallest absolute Gasteiger partial charge is 0.257 e. The zero-order valence-electron chi connectivity index (χ0n) is 12.6. The fourth-order valence-electron chi connectivity index (χ4n) is 2.02. The Labute approximate surface area is 125 Å². The van der Waals surface area contributed by atoms with E-state index in [1.807, 2.05) is 36.5 Å². The van der Waals surface area contributed by atoms with Gasteiger partial charge in [0.15, 0.2) is 6.61 Å². The maximum absolute atomic E-state index is 11.7. The molecule has 21 heavy (non-hydrogen) atoms. The Morgan fingerprint density at radius 3 is 2.86 bits per heavy atom. The summed E-state index contributed by atoms with van der Waals surface area (Å²) in [5.74, 6) is 1.08. The number of hydrogen-bond donors (Lipinski definition) is 2. The van der Waals surface area contributed by atoms with Crippen molar-refractivity contribution in [3.8, 4) is 5.75 Å². The first-order chi connectivity index (χ1) is 10.1. The van der Waals surface area contributed by atoms with E-state index in [2.05, 4.69) is 30.2 Å². The van der Waals surface area contributed by atoms with Gasteiger partial charge in [0.25, 0.3) is 5.91 Å². The molecule has 0 unspecified atom stereocenters. The van der Waals surface area contributed by atoms with Gasteiger partial charge in [-0.1, -0.05) is 26.0 Å². The second kappa shape index (κ2) is 7.53.